The van der Waals surface area contributed by atoms with E-state index in [4.69, 9.17) is 28.6 Å². The Morgan fingerprint density at radius 2 is 1.00 bits per heavy atom. The molecule has 18 nitrogen and oxygen atoms in total. The van der Waals surface area contributed by atoms with Gasteiger partial charge in [-0.3, -0.25) is 9.59 Å². The summed E-state index contributed by atoms with van der Waals surface area (Å²) in [5.74, 6) is -2.58. The number of halogens is 2. The Labute approximate surface area is 381 Å². The van der Waals surface area contributed by atoms with Gasteiger partial charge in [-0.2, -0.15) is 0 Å². The first kappa shape index (κ1) is 45.4. The zero-order valence-electron chi connectivity index (χ0n) is 35.9. The van der Waals surface area contributed by atoms with Gasteiger partial charge in [0.15, 0.2) is 22.9 Å². The normalized spacial score (nSPS) is 11.9. The van der Waals surface area contributed by atoms with Gasteiger partial charge in [0.25, 0.3) is 0 Å². The molecule has 0 amide bonds. The highest BCUT2D eigenvalue weighted by atomic mass is 19.1. The lowest BCUT2D eigenvalue weighted by Gasteiger charge is -2.20. The van der Waals surface area contributed by atoms with Crippen molar-refractivity contribution in [3.63, 3.8) is 0 Å². The lowest BCUT2D eigenvalue weighted by Crippen LogP contribution is -2.17. The van der Waals surface area contributed by atoms with Gasteiger partial charge < -0.3 is 39.6 Å². The number of carboxylic acids is 2. The van der Waals surface area contributed by atoms with Crippen LogP contribution in [0.3, 0.4) is 0 Å². The summed E-state index contributed by atoms with van der Waals surface area (Å²) in [5.41, 5.74) is 4.44. The van der Waals surface area contributed by atoms with Crippen molar-refractivity contribution in [1.29, 1.82) is 0 Å². The number of nitrogens with zero attached hydrogens (tertiary/aromatic N) is 6. The van der Waals surface area contributed by atoms with Crippen LogP contribution in [0.2, 0.25) is 0 Å². The Morgan fingerprint density at radius 1 is 0.588 bits per heavy atom. The molecule has 0 radical (unpaired) electrons. The molecule has 4 aromatic carbocycles. The van der Waals surface area contributed by atoms with Crippen molar-refractivity contribution in [1.82, 2.24) is 39.9 Å². The van der Waals surface area contributed by atoms with Crippen LogP contribution in [-0.4, -0.2) is 62.0 Å². The number of carbonyl (C=O) groups is 2. The van der Waals surface area contributed by atoms with Crippen molar-refractivity contribution in [3.05, 3.63) is 166 Å². The number of aliphatic carboxylic acids is 2. The van der Waals surface area contributed by atoms with Crippen molar-refractivity contribution in [3.8, 4) is 22.3 Å². The predicted octanol–water partition coefficient (Wildman–Crippen LogP) is 8.81. The molecule has 6 N–H and O–H groups in total. The summed E-state index contributed by atoms with van der Waals surface area (Å²) < 4.78 is 40.5. The third-order valence-electron chi connectivity index (χ3n) is 10.6. The van der Waals surface area contributed by atoms with Crippen LogP contribution < -0.4 is 21.5 Å². The zero-order chi connectivity index (χ0) is 47.9. The first-order valence-corrected chi connectivity index (χ1v) is 20.9. The van der Waals surface area contributed by atoms with E-state index in [1.165, 1.54) is 36.9 Å². The topological polar surface area (TPSA) is 268 Å². The second-order valence-electron chi connectivity index (χ2n) is 14.8. The van der Waals surface area contributed by atoms with Crippen LogP contribution in [0.25, 0.3) is 66.5 Å². The molecule has 20 heteroatoms. The number of hydrogen-bond donors (Lipinski definition) is 6. The number of rotatable bonds is 10. The van der Waals surface area contributed by atoms with Gasteiger partial charge in [0, 0.05) is 0 Å². The van der Waals surface area contributed by atoms with Crippen LogP contribution in [0.4, 0.5) is 20.4 Å². The Balaban J connectivity index is 0.000000164. The van der Waals surface area contributed by atoms with Crippen LogP contribution >= 0.6 is 0 Å². The fourth-order valence-corrected chi connectivity index (χ4v) is 7.43. The molecule has 0 aliphatic carbocycles. The molecule has 10 aromatic rings. The smallest absolute Gasteiger partial charge is 0.414 e. The molecule has 6 heterocycles. The summed E-state index contributed by atoms with van der Waals surface area (Å²) in [6, 6.07) is 25.2. The number of aromatic amines is 2. The maximum absolute atomic E-state index is 14.0. The number of carboxylic acid groups (broad SMARTS) is 2. The molecule has 0 unspecified atom stereocenters. The van der Waals surface area contributed by atoms with E-state index in [9.17, 15) is 18.4 Å². The van der Waals surface area contributed by atoms with Gasteiger partial charge in [0.05, 0.1) is 46.6 Å². The van der Waals surface area contributed by atoms with Crippen LogP contribution in [0, 0.1) is 11.6 Å². The summed E-state index contributed by atoms with van der Waals surface area (Å²) in [4.78, 5) is 76.4. The Morgan fingerprint density at radius 3 is 1.38 bits per heavy atom. The fourth-order valence-electron chi connectivity index (χ4n) is 7.43. The minimum atomic E-state index is -1.82. The van der Waals surface area contributed by atoms with Gasteiger partial charge in [0.1, 0.15) is 58.0 Å². The highest BCUT2D eigenvalue weighted by Gasteiger charge is 2.26. The molecule has 0 bridgehead atoms. The van der Waals surface area contributed by atoms with E-state index < -0.39 is 35.7 Å². The first-order chi connectivity index (χ1) is 32.9. The number of anilines is 2. The highest BCUT2D eigenvalue weighted by molar-refractivity contribution is 6.27. The molecular formula is C48H38F2N10O8. The molecule has 68 heavy (non-hydrogen) atoms. The maximum Gasteiger partial charge on any atom is 0.414 e. The van der Waals surface area contributed by atoms with E-state index in [0.717, 1.165) is 0 Å². The molecule has 0 saturated heterocycles. The SMILES string of the molecule is CC[C@H](Nc1ncnc2nc[nH]c12)c1oc2ccccc2c(=O)c1-c1cccc(F)c1.CC[C@H](Nc1ncnc2nc[nH]c12)c1oc2ccccc2c(=O)c1-c1cccc(F)c1.O=C(O)C(=O)O. The summed E-state index contributed by atoms with van der Waals surface area (Å²) >= 11 is 0. The molecule has 0 saturated carbocycles. The summed E-state index contributed by atoms with van der Waals surface area (Å²) in [6.07, 6.45) is 7.09. The van der Waals surface area contributed by atoms with Crippen molar-refractivity contribution >= 4 is 67.8 Å². The number of hydrogen-bond acceptors (Lipinski definition) is 14. The van der Waals surface area contributed by atoms with Crippen LogP contribution in [0.5, 0.6) is 0 Å². The Hall–Kier alpha value is -9.20. The number of fused-ring (bicyclic) bond motifs is 4. The lowest BCUT2D eigenvalue weighted by molar-refractivity contribution is -0.159. The zero-order valence-corrected chi connectivity index (χ0v) is 35.9. The molecule has 0 aliphatic rings. The second kappa shape index (κ2) is 19.9. The van der Waals surface area contributed by atoms with Gasteiger partial charge in [-0.05, 0) is 72.5 Å². The van der Waals surface area contributed by atoms with E-state index >= 15 is 0 Å². The van der Waals surface area contributed by atoms with Crippen molar-refractivity contribution in [2.75, 3.05) is 10.6 Å². The first-order valence-electron chi connectivity index (χ1n) is 20.9. The van der Waals surface area contributed by atoms with Gasteiger partial charge in [-0.25, -0.2) is 48.3 Å². The Bertz CT molecular complexity index is 3360. The van der Waals surface area contributed by atoms with Crippen molar-refractivity contribution < 1.29 is 37.4 Å². The van der Waals surface area contributed by atoms with Crippen LogP contribution in [0.1, 0.15) is 50.3 Å². The van der Waals surface area contributed by atoms with Crippen molar-refractivity contribution in [2.24, 2.45) is 0 Å². The number of aromatic nitrogens is 8. The molecular weight excluding hydrogens is 883 g/mol. The van der Waals surface area contributed by atoms with Crippen molar-refractivity contribution in [2.45, 2.75) is 38.8 Å². The van der Waals surface area contributed by atoms with Gasteiger partial charge >= 0.3 is 11.9 Å². The predicted molar refractivity (Wildman–Crippen MR) is 248 cm³/mol. The molecule has 2 atom stereocenters. The van der Waals surface area contributed by atoms with E-state index in [-0.39, 0.29) is 10.9 Å². The minimum absolute atomic E-state index is 0.211. The average Bonchev–Trinajstić information content (AvgIpc) is 4.04. The average molecular weight is 921 g/mol. The standard InChI is InChI=1S/2C23H18FN5O2.C2H2O4/c2*1-2-16(29-23-19-22(26-11-25-19)27-12-28-23)21-18(13-6-5-7-14(24)10-13)20(30)15-8-3-4-9-17(15)31-21;3-1(4)2(5)6/h2*3-12,16H,2H2,1H3,(H2,25,26,27,28,29);(H,3,4)(H,5,6)/t2*16-;/m00./s1. The number of H-pyrrole nitrogens is 2. The molecule has 10 rings (SSSR count). The Kier molecular flexibility index (Phi) is 13.3. The largest absolute Gasteiger partial charge is 0.473 e. The summed E-state index contributed by atoms with van der Waals surface area (Å²) in [5, 5.41) is 22.4. The molecule has 0 fully saturated rings. The molecule has 0 spiro atoms. The van der Waals surface area contributed by atoms with E-state index in [0.29, 0.717) is 103 Å². The quantitative estimate of drug-likeness (QED) is 0.0699. The van der Waals surface area contributed by atoms with Gasteiger partial charge in [-0.1, -0.05) is 62.4 Å². The molecule has 342 valence electrons. The minimum Gasteiger partial charge on any atom is -0.473 e. The molecule has 0 aliphatic heterocycles. The van der Waals surface area contributed by atoms with Gasteiger partial charge in [-0.15, -0.1) is 0 Å². The van der Waals surface area contributed by atoms with E-state index in [2.05, 4.69) is 50.5 Å². The monoisotopic (exact) mass is 920 g/mol. The summed E-state index contributed by atoms with van der Waals surface area (Å²) in [6.45, 7) is 3.93. The number of nitrogens with one attached hydrogen (secondary N) is 4. The lowest BCUT2D eigenvalue weighted by atomic mass is 9.97. The van der Waals surface area contributed by atoms with Crippen LogP contribution in [0.15, 0.2) is 141 Å². The number of benzene rings is 4. The van der Waals surface area contributed by atoms with Gasteiger partial charge in [0.2, 0.25) is 10.9 Å². The van der Waals surface area contributed by atoms with Crippen LogP contribution in [-0.2, 0) is 9.59 Å². The third kappa shape index (κ3) is 9.45. The molecule has 6 aromatic heterocycles. The number of para-hydroxylation sites is 2. The van der Waals surface area contributed by atoms with E-state index in [1.807, 2.05) is 26.0 Å². The third-order valence-corrected chi connectivity index (χ3v) is 10.6. The fraction of sp³-hybridized carbons (Fsp3) is 0.125. The highest BCUT2D eigenvalue weighted by Crippen LogP contribution is 2.35. The van der Waals surface area contributed by atoms with E-state index in [1.54, 1.807) is 73.3 Å². The number of imidazole rings is 2. The second-order valence-corrected chi connectivity index (χ2v) is 14.8. The maximum atomic E-state index is 14.0. The summed E-state index contributed by atoms with van der Waals surface area (Å²) in [7, 11) is 0.